The normalized spacial score (nSPS) is 18.9. The van der Waals surface area contributed by atoms with Crippen LogP contribution in [0.3, 0.4) is 0 Å². The van der Waals surface area contributed by atoms with Gasteiger partial charge in [-0.2, -0.15) is 0 Å². The van der Waals surface area contributed by atoms with Crippen molar-refractivity contribution in [1.82, 2.24) is 5.32 Å². The highest BCUT2D eigenvalue weighted by molar-refractivity contribution is 5.76. The molecule has 0 bridgehead atoms. The second kappa shape index (κ2) is 62.9. The Labute approximate surface area is 516 Å². The topological polar surface area (TPSA) is 149 Å². The number of hydrogen-bond donors (Lipinski definition) is 6. The fourth-order valence-corrected chi connectivity index (χ4v) is 10.6. The van der Waals surface area contributed by atoms with Gasteiger partial charge >= 0.3 is 0 Å². The van der Waals surface area contributed by atoms with Crippen LogP contribution in [0.5, 0.6) is 0 Å². The Kier molecular flexibility index (Phi) is 59.0. The van der Waals surface area contributed by atoms with Crippen molar-refractivity contribution in [2.45, 2.75) is 346 Å². The highest BCUT2D eigenvalue weighted by Gasteiger charge is 2.44. The summed E-state index contributed by atoms with van der Waals surface area (Å²) in [6.07, 6.45) is 86.2. The van der Waals surface area contributed by atoms with Gasteiger partial charge in [-0.05, 0) is 89.9 Å². The molecule has 1 saturated heterocycles. The monoisotopic (exact) mass is 1170 g/mol. The molecule has 0 spiro atoms. The molecule has 0 aromatic carbocycles. The van der Waals surface area contributed by atoms with E-state index < -0.39 is 49.5 Å². The molecule has 1 aliphatic heterocycles. The summed E-state index contributed by atoms with van der Waals surface area (Å²) >= 11 is 0. The number of ether oxygens (including phenoxy) is 2. The van der Waals surface area contributed by atoms with E-state index in [9.17, 15) is 30.3 Å². The number of allylic oxidation sites excluding steroid dienone is 17. The number of amides is 1. The first-order chi connectivity index (χ1) is 41.3. The Morgan fingerprint density at radius 2 is 0.750 bits per heavy atom. The Bertz CT molecular complexity index is 1690. The molecule has 0 aromatic heterocycles. The van der Waals surface area contributed by atoms with E-state index in [-0.39, 0.29) is 12.5 Å². The van der Waals surface area contributed by atoms with Crippen LogP contribution < -0.4 is 5.32 Å². The van der Waals surface area contributed by atoms with Crippen LogP contribution >= 0.6 is 0 Å². The number of rotatable bonds is 60. The number of carbonyl (C=O) groups is 1. The minimum Gasteiger partial charge on any atom is -0.394 e. The van der Waals surface area contributed by atoms with Gasteiger partial charge in [-0.25, -0.2) is 0 Å². The molecule has 1 amide bonds. The fraction of sp³-hybridized carbons (Fsp3) is 0.747. The molecule has 84 heavy (non-hydrogen) atoms. The van der Waals surface area contributed by atoms with Gasteiger partial charge in [0, 0.05) is 6.42 Å². The third-order valence-corrected chi connectivity index (χ3v) is 16.1. The van der Waals surface area contributed by atoms with E-state index in [1.165, 1.54) is 186 Å². The molecule has 0 aliphatic carbocycles. The number of unbranched alkanes of at least 4 members (excludes halogenated alkanes) is 34. The number of aliphatic hydroxyl groups is 5. The third-order valence-electron chi connectivity index (χ3n) is 16.1. The van der Waals surface area contributed by atoms with Crippen molar-refractivity contribution < 1.29 is 39.8 Å². The van der Waals surface area contributed by atoms with Crippen molar-refractivity contribution in [1.29, 1.82) is 0 Å². The lowest BCUT2D eigenvalue weighted by molar-refractivity contribution is -0.302. The zero-order valence-corrected chi connectivity index (χ0v) is 54.1. The lowest BCUT2D eigenvalue weighted by Gasteiger charge is -2.40. The van der Waals surface area contributed by atoms with Crippen LogP contribution in [0.4, 0.5) is 0 Å². The largest absolute Gasteiger partial charge is 0.394 e. The van der Waals surface area contributed by atoms with Gasteiger partial charge in [0.25, 0.3) is 0 Å². The van der Waals surface area contributed by atoms with E-state index in [4.69, 9.17) is 9.47 Å². The predicted molar refractivity (Wildman–Crippen MR) is 359 cm³/mol. The summed E-state index contributed by atoms with van der Waals surface area (Å²) in [5, 5.41) is 54.7. The minimum absolute atomic E-state index is 0.191. The number of nitrogens with one attached hydrogen (secondary N) is 1. The lowest BCUT2D eigenvalue weighted by atomic mass is 9.99. The highest BCUT2D eigenvalue weighted by Crippen LogP contribution is 2.23. The van der Waals surface area contributed by atoms with E-state index in [0.717, 1.165) is 96.3 Å². The smallest absolute Gasteiger partial charge is 0.220 e. The maximum atomic E-state index is 13.1. The molecule has 9 heteroatoms. The first-order valence-corrected chi connectivity index (χ1v) is 35.1. The number of carbonyl (C=O) groups excluding carboxylic acids is 1. The molecule has 1 rings (SSSR count). The average molecular weight is 1170 g/mol. The van der Waals surface area contributed by atoms with Crippen LogP contribution in [-0.2, 0) is 14.3 Å². The van der Waals surface area contributed by atoms with Crippen molar-refractivity contribution >= 4 is 5.91 Å². The van der Waals surface area contributed by atoms with Crippen LogP contribution in [0, 0.1) is 0 Å². The summed E-state index contributed by atoms with van der Waals surface area (Å²) in [7, 11) is 0. The summed E-state index contributed by atoms with van der Waals surface area (Å²) in [6.45, 7) is 3.67. The van der Waals surface area contributed by atoms with Gasteiger partial charge in [0.1, 0.15) is 24.4 Å². The van der Waals surface area contributed by atoms with Gasteiger partial charge in [-0.15, -0.1) is 0 Å². The third kappa shape index (κ3) is 50.9. The van der Waals surface area contributed by atoms with E-state index in [2.05, 4.69) is 116 Å². The van der Waals surface area contributed by atoms with E-state index >= 15 is 0 Å². The van der Waals surface area contributed by atoms with E-state index in [0.29, 0.717) is 6.42 Å². The van der Waals surface area contributed by atoms with Crippen LogP contribution in [0.2, 0.25) is 0 Å². The fourth-order valence-electron chi connectivity index (χ4n) is 10.6. The van der Waals surface area contributed by atoms with Crippen LogP contribution in [0.15, 0.2) is 109 Å². The van der Waals surface area contributed by atoms with Crippen LogP contribution in [-0.4, -0.2) is 87.5 Å². The Morgan fingerprint density at radius 3 is 1.14 bits per heavy atom. The van der Waals surface area contributed by atoms with Gasteiger partial charge < -0.3 is 40.3 Å². The van der Waals surface area contributed by atoms with Gasteiger partial charge in [0.15, 0.2) is 6.29 Å². The first-order valence-electron chi connectivity index (χ1n) is 35.1. The minimum atomic E-state index is -1.58. The van der Waals surface area contributed by atoms with Crippen LogP contribution in [0.1, 0.15) is 303 Å². The van der Waals surface area contributed by atoms with E-state index in [1.807, 2.05) is 6.08 Å². The second-order valence-electron chi connectivity index (χ2n) is 23.9. The van der Waals surface area contributed by atoms with Gasteiger partial charge in [-0.3, -0.25) is 4.79 Å². The van der Waals surface area contributed by atoms with Crippen molar-refractivity contribution in [2.75, 3.05) is 13.2 Å². The molecule has 7 unspecified atom stereocenters. The summed E-state index contributed by atoms with van der Waals surface area (Å²) in [5.41, 5.74) is 0. The maximum Gasteiger partial charge on any atom is 0.220 e. The molecule has 0 aromatic rings. The zero-order valence-electron chi connectivity index (χ0n) is 54.1. The molecule has 7 atom stereocenters. The van der Waals surface area contributed by atoms with Gasteiger partial charge in [-0.1, -0.05) is 316 Å². The van der Waals surface area contributed by atoms with Crippen molar-refractivity contribution in [3.8, 4) is 0 Å². The molecule has 1 fully saturated rings. The standard InChI is InChI=1S/C75H131NO8/c1-3-5-7-9-11-13-15-17-19-21-23-25-27-29-31-33-34-35-36-37-39-41-43-45-47-49-51-53-55-57-59-61-63-65-71(79)76-68(67-83-75-74(82)73(81)72(80)70(66-77)84-75)69(78)64-62-60-58-56-54-52-50-48-46-44-42-40-38-32-30-28-26-24-22-20-18-16-14-12-10-8-6-4-2/h5,7,11,13,17,19,23,25,29,31,34-35,37,39,54,56,62,64,68-70,72-75,77-78,80-82H,3-4,6,8-10,12,14-16,18,20-22,24,26-28,30,32-33,36,38,40-53,55,57-61,63,65-67H2,1-2H3,(H,76,79)/b7-5-,13-11-,19-17-,25-23-,31-29-,35-34-,39-37-,56-54+,64-62+. The molecule has 0 saturated carbocycles. The predicted octanol–water partition coefficient (Wildman–Crippen LogP) is 19.2. The molecular weight excluding hydrogens is 1040 g/mol. The Morgan fingerprint density at radius 1 is 0.417 bits per heavy atom. The van der Waals surface area contributed by atoms with Crippen molar-refractivity contribution in [3.05, 3.63) is 109 Å². The maximum absolute atomic E-state index is 13.1. The van der Waals surface area contributed by atoms with Gasteiger partial charge in [0.05, 0.1) is 25.4 Å². The van der Waals surface area contributed by atoms with Crippen LogP contribution in [0.25, 0.3) is 0 Å². The molecule has 1 aliphatic rings. The molecular formula is C75H131NO8. The number of aliphatic hydroxyl groups excluding tert-OH is 5. The SMILES string of the molecule is CC/C=C\C/C=C\C/C=C\C/C=C\C/C=C\C/C=C\C/C=C\CCCCCCCCCCCCCC(=O)NC(COC1OC(CO)C(O)C(O)C1O)C(O)/C=C/CC/C=C/CCCCCCCCCCCCCCCCCCCCCCCC. The van der Waals surface area contributed by atoms with Crippen molar-refractivity contribution in [2.24, 2.45) is 0 Å². The molecule has 6 N–H and O–H groups in total. The Balaban J connectivity index is 2.17. The Hall–Kier alpha value is -3.15. The second-order valence-corrected chi connectivity index (χ2v) is 23.9. The van der Waals surface area contributed by atoms with Crippen molar-refractivity contribution in [3.63, 3.8) is 0 Å². The zero-order chi connectivity index (χ0) is 60.7. The summed E-state index contributed by atoms with van der Waals surface area (Å²) < 4.78 is 11.3. The summed E-state index contributed by atoms with van der Waals surface area (Å²) in [4.78, 5) is 13.1. The number of hydrogen-bond acceptors (Lipinski definition) is 8. The summed E-state index contributed by atoms with van der Waals surface area (Å²) in [6, 6.07) is -0.832. The quantitative estimate of drug-likeness (QED) is 0.0261. The average Bonchev–Trinajstić information content (AvgIpc) is 3.70. The summed E-state index contributed by atoms with van der Waals surface area (Å²) in [5.74, 6) is -0.191. The van der Waals surface area contributed by atoms with Gasteiger partial charge in [0.2, 0.25) is 5.91 Å². The lowest BCUT2D eigenvalue weighted by Crippen LogP contribution is -2.60. The first kappa shape index (κ1) is 78.9. The molecule has 1 heterocycles. The molecule has 0 radical (unpaired) electrons. The highest BCUT2D eigenvalue weighted by atomic mass is 16.7. The molecule has 484 valence electrons. The van der Waals surface area contributed by atoms with E-state index in [1.54, 1.807) is 6.08 Å². The molecule has 9 nitrogen and oxygen atoms in total.